The minimum Gasteiger partial charge on any atom is -0.456 e. The van der Waals surface area contributed by atoms with E-state index in [1.165, 1.54) is 0 Å². The summed E-state index contributed by atoms with van der Waals surface area (Å²) in [6.07, 6.45) is 0. The molecule has 8 nitrogen and oxygen atoms in total. The fourth-order valence-electron chi connectivity index (χ4n) is 8.72. The third-order valence-corrected chi connectivity index (χ3v) is 12.7. The van der Waals surface area contributed by atoms with Crippen molar-refractivity contribution in [3.05, 3.63) is 182 Å². The summed E-state index contributed by atoms with van der Waals surface area (Å²) in [5.74, 6) is 1.35. The third kappa shape index (κ3) is 5.45. The molecule has 0 aliphatic carbocycles. The van der Waals surface area contributed by atoms with Gasteiger partial charge in [-0.05, 0) is 82.2 Å². The molecule has 9 heteroatoms. The van der Waals surface area contributed by atoms with E-state index in [4.69, 9.17) is 29.2 Å². The van der Waals surface area contributed by atoms with Gasteiger partial charge < -0.3 is 8.83 Å². The van der Waals surface area contributed by atoms with E-state index in [0.717, 1.165) is 97.6 Å². The normalized spacial score (nSPS) is 11.9. The molecule has 0 radical (unpaired) electrons. The van der Waals surface area contributed by atoms with E-state index in [-0.39, 0.29) is 0 Å². The molecule has 0 amide bonds. The fraction of sp³-hybridized carbons (Fsp3) is 0. The number of furan rings is 2. The molecule has 0 atom stereocenters. The topological polar surface area (TPSA) is 84.3 Å². The molecule has 13 aromatic rings. The molecular weight excluding hydrogens is 773 g/mol. The number of rotatable bonds is 6. The second-order valence-electron chi connectivity index (χ2n) is 15.2. The Morgan fingerprint density at radius 2 is 0.721 bits per heavy atom. The van der Waals surface area contributed by atoms with Crippen LogP contribution in [0.15, 0.2) is 191 Å². The standard InChI is InChI=1S/C52H30N6O2S/c1-3-11-33-25-35(19-17-31(33)9-1)57(37-21-23-41-39-13-5-7-15-43(39)59-45(41)27-37)49-29-47-51(55-53-49)52-48(61-47)30-50(54-56-52)58(36-20-18-32-10-2-4-12-34(32)26-36)38-22-24-42-40-14-6-8-16-44(40)60-46(42)28-38/h1-30H. The van der Waals surface area contributed by atoms with Crippen molar-refractivity contribution in [2.75, 3.05) is 9.80 Å². The summed E-state index contributed by atoms with van der Waals surface area (Å²) < 4.78 is 14.6. The Hall–Kier alpha value is -8.14. The van der Waals surface area contributed by atoms with Crippen LogP contribution in [0.4, 0.5) is 34.4 Å². The van der Waals surface area contributed by atoms with E-state index in [0.29, 0.717) is 22.7 Å². The number of aromatic nitrogens is 4. The van der Waals surface area contributed by atoms with Gasteiger partial charge in [-0.15, -0.1) is 31.7 Å². The molecule has 0 aliphatic heterocycles. The Bertz CT molecular complexity index is 3640. The molecule has 0 N–H and O–H groups in total. The first-order chi connectivity index (χ1) is 30.2. The highest BCUT2D eigenvalue weighted by Crippen LogP contribution is 2.43. The van der Waals surface area contributed by atoms with Crippen LogP contribution in [0.1, 0.15) is 0 Å². The van der Waals surface area contributed by atoms with Crippen molar-refractivity contribution in [3.8, 4) is 0 Å². The minimum atomic E-state index is 0.676. The maximum Gasteiger partial charge on any atom is 0.161 e. The molecule has 0 bridgehead atoms. The molecule has 0 aliphatic rings. The van der Waals surface area contributed by atoms with Crippen LogP contribution in [-0.2, 0) is 0 Å². The highest BCUT2D eigenvalue weighted by atomic mass is 32.1. The van der Waals surface area contributed by atoms with Crippen molar-refractivity contribution >= 4 is 132 Å². The number of benzene rings is 8. The van der Waals surface area contributed by atoms with Gasteiger partial charge in [-0.3, -0.25) is 9.80 Å². The molecule has 0 saturated heterocycles. The number of fused-ring (bicyclic) bond motifs is 11. The summed E-state index contributed by atoms with van der Waals surface area (Å²) in [6.45, 7) is 0. The average Bonchev–Trinajstić information content (AvgIpc) is 3.99. The molecule has 0 fully saturated rings. The number of hydrogen-bond donors (Lipinski definition) is 0. The van der Waals surface area contributed by atoms with Crippen LogP contribution in [0.25, 0.3) is 85.9 Å². The third-order valence-electron chi connectivity index (χ3n) is 11.6. The Morgan fingerprint density at radius 1 is 0.328 bits per heavy atom. The maximum atomic E-state index is 6.36. The van der Waals surface area contributed by atoms with E-state index in [9.17, 15) is 0 Å². The van der Waals surface area contributed by atoms with E-state index in [1.807, 2.05) is 36.4 Å². The minimum absolute atomic E-state index is 0.676. The van der Waals surface area contributed by atoms with E-state index in [1.54, 1.807) is 11.3 Å². The molecule has 0 unspecified atom stereocenters. The van der Waals surface area contributed by atoms with Crippen LogP contribution in [0.3, 0.4) is 0 Å². The molecule has 0 saturated carbocycles. The first-order valence-corrected chi connectivity index (χ1v) is 20.8. The van der Waals surface area contributed by atoms with Gasteiger partial charge in [0.15, 0.2) is 11.6 Å². The predicted molar refractivity (Wildman–Crippen MR) is 249 cm³/mol. The van der Waals surface area contributed by atoms with Gasteiger partial charge in [-0.2, -0.15) is 0 Å². The van der Waals surface area contributed by atoms with Gasteiger partial charge in [-0.1, -0.05) is 97.1 Å². The van der Waals surface area contributed by atoms with Crippen molar-refractivity contribution in [2.45, 2.75) is 0 Å². The summed E-state index contributed by atoms with van der Waals surface area (Å²) in [6, 6.07) is 62.8. The number of anilines is 6. The smallest absolute Gasteiger partial charge is 0.161 e. The van der Waals surface area contributed by atoms with Gasteiger partial charge in [0.25, 0.3) is 0 Å². The Balaban J connectivity index is 0.961. The molecule has 61 heavy (non-hydrogen) atoms. The van der Waals surface area contributed by atoms with Crippen molar-refractivity contribution in [1.82, 2.24) is 20.4 Å². The van der Waals surface area contributed by atoms with Gasteiger partial charge in [0.1, 0.15) is 33.4 Å². The summed E-state index contributed by atoms with van der Waals surface area (Å²) >= 11 is 1.63. The summed E-state index contributed by atoms with van der Waals surface area (Å²) in [4.78, 5) is 4.28. The lowest BCUT2D eigenvalue weighted by Crippen LogP contribution is -2.12. The van der Waals surface area contributed by atoms with Crippen molar-refractivity contribution < 1.29 is 8.83 Å². The van der Waals surface area contributed by atoms with Crippen LogP contribution in [0, 0.1) is 0 Å². The summed E-state index contributed by atoms with van der Waals surface area (Å²) in [5, 5.41) is 28.3. The first-order valence-electron chi connectivity index (χ1n) is 20.0. The second-order valence-corrected chi connectivity index (χ2v) is 16.3. The van der Waals surface area contributed by atoms with Crippen LogP contribution >= 0.6 is 11.3 Å². The van der Waals surface area contributed by atoms with E-state index < -0.39 is 0 Å². The van der Waals surface area contributed by atoms with Crippen molar-refractivity contribution in [2.24, 2.45) is 0 Å². The Labute approximate surface area is 351 Å². The quantitative estimate of drug-likeness (QED) is 0.164. The maximum absolute atomic E-state index is 6.36. The monoisotopic (exact) mass is 802 g/mol. The van der Waals surface area contributed by atoms with Crippen LogP contribution in [-0.4, -0.2) is 20.4 Å². The number of nitrogens with zero attached hydrogens (tertiary/aromatic N) is 6. The zero-order valence-corrected chi connectivity index (χ0v) is 33.0. The SMILES string of the molecule is c1ccc2cc(N(c3ccc4c(c3)oc3ccccc34)c3cc4sc5cc(N(c6ccc7ccccc7c6)c6ccc7c(c6)oc6ccccc67)nnc5c4nn3)ccc2c1. The number of hydrogen-bond acceptors (Lipinski definition) is 9. The van der Waals surface area contributed by atoms with Gasteiger partial charge in [0, 0.05) is 57.2 Å². The van der Waals surface area contributed by atoms with Gasteiger partial charge in [-0.25, -0.2) is 0 Å². The second kappa shape index (κ2) is 13.2. The van der Waals surface area contributed by atoms with Crippen LogP contribution in [0.2, 0.25) is 0 Å². The molecule has 0 spiro atoms. The average molecular weight is 803 g/mol. The molecule has 5 heterocycles. The lowest BCUT2D eigenvalue weighted by Gasteiger charge is -2.24. The lowest BCUT2D eigenvalue weighted by atomic mass is 10.1. The molecule has 5 aromatic heterocycles. The van der Waals surface area contributed by atoms with Crippen LogP contribution < -0.4 is 9.80 Å². The highest BCUT2D eigenvalue weighted by molar-refractivity contribution is 7.25. The molecular formula is C52H30N6O2S. The summed E-state index contributed by atoms with van der Waals surface area (Å²) in [5.41, 5.74) is 8.46. The largest absolute Gasteiger partial charge is 0.456 e. The van der Waals surface area contributed by atoms with E-state index >= 15 is 0 Å². The lowest BCUT2D eigenvalue weighted by molar-refractivity contribution is 0.668. The number of thiophene rings is 1. The highest BCUT2D eigenvalue weighted by Gasteiger charge is 2.22. The van der Waals surface area contributed by atoms with Gasteiger partial charge in [0.2, 0.25) is 0 Å². The Morgan fingerprint density at radius 3 is 1.21 bits per heavy atom. The number of para-hydroxylation sites is 2. The van der Waals surface area contributed by atoms with Crippen LogP contribution in [0.5, 0.6) is 0 Å². The van der Waals surface area contributed by atoms with E-state index in [2.05, 4.69) is 155 Å². The van der Waals surface area contributed by atoms with Gasteiger partial charge >= 0.3 is 0 Å². The van der Waals surface area contributed by atoms with Crippen molar-refractivity contribution in [3.63, 3.8) is 0 Å². The summed E-state index contributed by atoms with van der Waals surface area (Å²) in [7, 11) is 0. The van der Waals surface area contributed by atoms with Gasteiger partial charge in [0.05, 0.1) is 20.8 Å². The Kier molecular flexibility index (Phi) is 7.31. The molecule has 286 valence electrons. The zero-order valence-electron chi connectivity index (χ0n) is 32.2. The molecule has 8 aromatic carbocycles. The molecule has 13 rings (SSSR count). The fourth-order valence-corrected chi connectivity index (χ4v) is 9.75. The predicted octanol–water partition coefficient (Wildman–Crippen LogP) is 14.7. The zero-order chi connectivity index (χ0) is 40.0. The first kappa shape index (κ1) is 33.8. The van der Waals surface area contributed by atoms with Crippen molar-refractivity contribution in [1.29, 1.82) is 0 Å².